The number of carbonyl (C=O) groups excluding carboxylic acids is 3. The second-order valence-electron chi connectivity index (χ2n) is 7.69. The molecule has 0 aliphatic carbocycles. The summed E-state index contributed by atoms with van der Waals surface area (Å²) in [5, 5.41) is 6.41. The molecule has 0 aromatic heterocycles. The molecule has 39 heavy (non-hydrogen) atoms. The van der Waals surface area contributed by atoms with E-state index in [1.807, 2.05) is 0 Å². The lowest BCUT2D eigenvalue weighted by Crippen LogP contribution is -2.35. The van der Waals surface area contributed by atoms with Crippen molar-refractivity contribution in [1.82, 2.24) is 10.7 Å². The minimum absolute atomic E-state index is 0.207. The lowest BCUT2D eigenvalue weighted by atomic mass is 10.1. The highest BCUT2D eigenvalue weighted by molar-refractivity contribution is 9.10. The molecule has 3 rings (SSSR count). The number of nitrogens with zero attached hydrogens (tertiary/aromatic N) is 1. The van der Waals surface area contributed by atoms with E-state index in [2.05, 4.69) is 31.8 Å². The van der Waals surface area contributed by atoms with E-state index in [0.717, 1.165) is 0 Å². The summed E-state index contributed by atoms with van der Waals surface area (Å²) in [6.07, 6.45) is 1.32. The molecule has 0 fully saturated rings. The van der Waals surface area contributed by atoms with Gasteiger partial charge in [0.25, 0.3) is 11.8 Å². The van der Waals surface area contributed by atoms with Crippen molar-refractivity contribution in [2.45, 2.75) is 0 Å². The molecule has 3 aromatic carbocycles. The van der Waals surface area contributed by atoms with Gasteiger partial charge in [-0.1, -0.05) is 15.9 Å². The van der Waals surface area contributed by atoms with Crippen molar-refractivity contribution in [3.63, 3.8) is 0 Å². The fraction of sp³-hybridized carbons (Fsp3) is 0.185. The molecule has 3 aromatic rings. The van der Waals surface area contributed by atoms with Gasteiger partial charge in [0.05, 0.1) is 46.8 Å². The van der Waals surface area contributed by atoms with Crippen LogP contribution in [0.4, 0.5) is 0 Å². The predicted octanol–water partition coefficient (Wildman–Crippen LogP) is 3.58. The number of methoxy groups -OCH3 is 4. The number of nitrogens with one attached hydrogen (secondary N) is 2. The van der Waals surface area contributed by atoms with E-state index in [9.17, 15) is 14.4 Å². The number of rotatable bonds is 11. The Hall–Kier alpha value is -4.58. The van der Waals surface area contributed by atoms with Gasteiger partial charge >= 0.3 is 5.97 Å². The summed E-state index contributed by atoms with van der Waals surface area (Å²) in [7, 11) is 5.85. The third kappa shape index (κ3) is 7.71. The Labute approximate surface area is 233 Å². The maximum atomic E-state index is 12.6. The van der Waals surface area contributed by atoms with Crippen LogP contribution in [0, 0.1) is 0 Å². The van der Waals surface area contributed by atoms with E-state index >= 15 is 0 Å². The van der Waals surface area contributed by atoms with Crippen molar-refractivity contribution in [3.05, 3.63) is 75.8 Å². The minimum Gasteiger partial charge on any atom is -0.497 e. The predicted molar refractivity (Wildman–Crippen MR) is 146 cm³/mol. The molecule has 0 aliphatic rings. The summed E-state index contributed by atoms with van der Waals surface area (Å²) in [5.74, 6) is 0.0820. The molecule has 2 N–H and O–H groups in total. The number of hydrazone groups is 1. The molecule has 12 heteroatoms. The zero-order valence-electron chi connectivity index (χ0n) is 21.6. The van der Waals surface area contributed by atoms with Gasteiger partial charge in [0.2, 0.25) is 5.75 Å². The minimum atomic E-state index is -0.584. The zero-order valence-corrected chi connectivity index (χ0v) is 23.2. The fourth-order valence-corrected chi connectivity index (χ4v) is 3.67. The van der Waals surface area contributed by atoms with Crippen molar-refractivity contribution in [2.75, 3.05) is 35.0 Å². The van der Waals surface area contributed by atoms with Crippen LogP contribution in [0.5, 0.6) is 28.7 Å². The van der Waals surface area contributed by atoms with Gasteiger partial charge < -0.3 is 29.0 Å². The van der Waals surface area contributed by atoms with Crippen molar-refractivity contribution >= 4 is 39.9 Å². The summed E-state index contributed by atoms with van der Waals surface area (Å²) in [6.45, 7) is -0.357. The number of esters is 1. The average Bonchev–Trinajstić information content (AvgIpc) is 2.96. The van der Waals surface area contributed by atoms with E-state index in [1.165, 1.54) is 46.8 Å². The quantitative estimate of drug-likeness (QED) is 0.148. The number of ether oxygens (including phenoxy) is 5. The van der Waals surface area contributed by atoms with Crippen LogP contribution in [-0.4, -0.2) is 59.0 Å². The highest BCUT2D eigenvalue weighted by atomic mass is 79.9. The summed E-state index contributed by atoms with van der Waals surface area (Å²) < 4.78 is 27.0. The lowest BCUT2D eigenvalue weighted by molar-refractivity contribution is -0.120. The summed E-state index contributed by atoms with van der Waals surface area (Å²) in [5.41, 5.74) is 3.28. The first-order valence-electron chi connectivity index (χ1n) is 11.4. The number of benzene rings is 3. The largest absolute Gasteiger partial charge is 0.497 e. The highest BCUT2D eigenvalue weighted by Crippen LogP contribution is 2.38. The smallest absolute Gasteiger partial charge is 0.343 e. The first-order chi connectivity index (χ1) is 18.8. The Morgan fingerprint density at radius 3 is 2.08 bits per heavy atom. The molecular weight excluding hydrogens is 574 g/mol. The van der Waals surface area contributed by atoms with Crippen molar-refractivity contribution in [3.8, 4) is 28.7 Å². The van der Waals surface area contributed by atoms with Crippen LogP contribution in [0.1, 0.15) is 26.3 Å². The monoisotopic (exact) mass is 599 g/mol. The van der Waals surface area contributed by atoms with Crippen molar-refractivity contribution in [2.24, 2.45) is 5.10 Å². The maximum absolute atomic E-state index is 12.6. The molecule has 0 aliphatic heterocycles. The van der Waals surface area contributed by atoms with Crippen LogP contribution in [-0.2, 0) is 4.79 Å². The Balaban J connectivity index is 1.61. The third-order valence-corrected chi connectivity index (χ3v) is 5.72. The normalized spacial score (nSPS) is 10.5. The van der Waals surface area contributed by atoms with Crippen LogP contribution >= 0.6 is 15.9 Å². The Kier molecular flexibility index (Phi) is 10.3. The van der Waals surface area contributed by atoms with Gasteiger partial charge in [0.1, 0.15) is 11.5 Å². The molecule has 2 amide bonds. The van der Waals surface area contributed by atoms with Crippen LogP contribution in [0.2, 0.25) is 0 Å². The first kappa shape index (κ1) is 29.0. The average molecular weight is 600 g/mol. The second kappa shape index (κ2) is 13.8. The van der Waals surface area contributed by atoms with Gasteiger partial charge in [-0.3, -0.25) is 9.59 Å². The molecule has 11 nitrogen and oxygen atoms in total. The molecule has 0 heterocycles. The van der Waals surface area contributed by atoms with Crippen LogP contribution < -0.4 is 34.4 Å². The van der Waals surface area contributed by atoms with Gasteiger partial charge in [0, 0.05) is 15.6 Å². The maximum Gasteiger partial charge on any atom is 0.343 e. The summed E-state index contributed by atoms with van der Waals surface area (Å²) in [6, 6.07) is 14.4. The summed E-state index contributed by atoms with van der Waals surface area (Å²) in [4.78, 5) is 37.4. The fourth-order valence-electron chi connectivity index (χ4n) is 3.29. The van der Waals surface area contributed by atoms with Gasteiger partial charge in [-0.2, -0.15) is 5.10 Å². The Morgan fingerprint density at radius 2 is 1.49 bits per heavy atom. The van der Waals surface area contributed by atoms with Gasteiger partial charge in [0.15, 0.2) is 11.5 Å². The standard InChI is InChI=1S/C27H26BrN3O8/c1-35-20-8-5-16(6-9-20)27(34)39-21-10-7-19(28)11-18(21)14-30-31-24(32)15-29-26(33)17-12-22(36-2)25(38-4)23(13-17)37-3/h5-14H,15H2,1-4H3,(H,29,33)(H,31,32)/b30-14-. The number of hydrogen-bond acceptors (Lipinski definition) is 9. The van der Waals surface area contributed by atoms with Gasteiger partial charge in [-0.05, 0) is 54.6 Å². The number of hydrogen-bond donors (Lipinski definition) is 2. The second-order valence-corrected chi connectivity index (χ2v) is 8.61. The van der Waals surface area contributed by atoms with Crippen molar-refractivity contribution < 1.29 is 38.1 Å². The molecule has 0 radical (unpaired) electrons. The molecule has 204 valence electrons. The van der Waals surface area contributed by atoms with Gasteiger partial charge in [-0.15, -0.1) is 0 Å². The molecule has 0 saturated heterocycles. The van der Waals surface area contributed by atoms with E-state index in [4.69, 9.17) is 23.7 Å². The van der Waals surface area contributed by atoms with Crippen LogP contribution in [0.3, 0.4) is 0 Å². The molecule has 0 saturated carbocycles. The SMILES string of the molecule is COc1ccc(C(=O)Oc2ccc(Br)cc2/C=N\NC(=O)CNC(=O)c2cc(OC)c(OC)c(OC)c2)cc1. The van der Waals surface area contributed by atoms with E-state index in [-0.39, 0.29) is 17.9 Å². The van der Waals surface area contributed by atoms with E-state index in [1.54, 1.807) is 42.5 Å². The topological polar surface area (TPSA) is 134 Å². The van der Waals surface area contributed by atoms with Crippen molar-refractivity contribution in [1.29, 1.82) is 0 Å². The molecular formula is C27H26BrN3O8. The van der Waals surface area contributed by atoms with E-state index in [0.29, 0.717) is 38.6 Å². The molecule has 0 bridgehead atoms. The van der Waals surface area contributed by atoms with E-state index < -0.39 is 17.8 Å². The molecule has 0 unspecified atom stereocenters. The molecule has 0 atom stereocenters. The molecule has 0 spiro atoms. The van der Waals surface area contributed by atoms with Crippen LogP contribution in [0.25, 0.3) is 0 Å². The Morgan fingerprint density at radius 1 is 0.821 bits per heavy atom. The number of halogens is 1. The zero-order chi connectivity index (χ0) is 28.4. The number of carbonyl (C=O) groups is 3. The first-order valence-corrected chi connectivity index (χ1v) is 12.1. The summed E-state index contributed by atoms with van der Waals surface area (Å²) >= 11 is 3.36. The number of amides is 2. The van der Waals surface area contributed by atoms with Gasteiger partial charge in [-0.25, -0.2) is 10.2 Å². The third-order valence-electron chi connectivity index (χ3n) is 5.23. The highest BCUT2D eigenvalue weighted by Gasteiger charge is 2.17. The van der Waals surface area contributed by atoms with Crippen LogP contribution in [0.15, 0.2) is 64.2 Å². The Bertz CT molecular complexity index is 1350. The lowest BCUT2D eigenvalue weighted by Gasteiger charge is -2.14.